The minimum atomic E-state index is -0.324. The molecule has 5 heteroatoms. The topological polar surface area (TPSA) is 64.4 Å². The van der Waals surface area contributed by atoms with Crippen molar-refractivity contribution in [3.63, 3.8) is 0 Å². The summed E-state index contributed by atoms with van der Waals surface area (Å²) in [5.41, 5.74) is 0.605. The Balaban J connectivity index is 2.57. The maximum Gasteiger partial charge on any atom is 0.325 e. The summed E-state index contributed by atoms with van der Waals surface area (Å²) in [4.78, 5) is 14.8. The van der Waals surface area contributed by atoms with Gasteiger partial charge < -0.3 is 14.4 Å². The Kier molecular flexibility index (Phi) is 3.45. The predicted molar refractivity (Wildman–Crippen MR) is 44.8 cm³/mol. The largest absolute Gasteiger partial charge is 0.465 e. The van der Waals surface area contributed by atoms with Gasteiger partial charge >= 0.3 is 5.97 Å². The lowest BCUT2D eigenvalue weighted by molar-refractivity contribution is -0.143. The van der Waals surface area contributed by atoms with Crippen LogP contribution in [0.5, 0.6) is 0 Å². The van der Waals surface area contributed by atoms with Crippen LogP contribution in [0.3, 0.4) is 0 Å². The Bertz CT molecular complexity index is 283. The summed E-state index contributed by atoms with van der Waals surface area (Å²) in [6.07, 6.45) is 3.00. The highest BCUT2D eigenvalue weighted by atomic mass is 16.5. The van der Waals surface area contributed by atoms with Gasteiger partial charge in [0.2, 0.25) is 0 Å². The average molecular weight is 184 g/mol. The van der Waals surface area contributed by atoms with E-state index >= 15 is 0 Å². The Labute approximate surface area is 76.0 Å². The van der Waals surface area contributed by atoms with Crippen molar-refractivity contribution in [1.82, 2.24) is 9.55 Å². The Morgan fingerprint density at radius 3 is 3.15 bits per heavy atom. The van der Waals surface area contributed by atoms with Gasteiger partial charge in [-0.25, -0.2) is 4.98 Å². The highest BCUT2D eigenvalue weighted by Crippen LogP contribution is 1.99. The van der Waals surface area contributed by atoms with E-state index < -0.39 is 0 Å². The van der Waals surface area contributed by atoms with Crippen molar-refractivity contribution in [1.29, 1.82) is 0 Å². The first-order chi connectivity index (χ1) is 6.27. The lowest BCUT2D eigenvalue weighted by Crippen LogP contribution is -2.14. The molecule has 0 aliphatic carbocycles. The Hall–Kier alpha value is -1.36. The molecule has 0 saturated carbocycles. The van der Waals surface area contributed by atoms with Crippen LogP contribution < -0.4 is 0 Å². The SMILES string of the molecule is CCOC(=O)Cn1cncc1CO. The van der Waals surface area contributed by atoms with Gasteiger partial charge in [-0.3, -0.25) is 4.79 Å². The van der Waals surface area contributed by atoms with Crippen LogP contribution in [0.1, 0.15) is 12.6 Å². The van der Waals surface area contributed by atoms with E-state index in [0.29, 0.717) is 12.3 Å². The molecule has 72 valence electrons. The zero-order valence-electron chi connectivity index (χ0n) is 7.43. The van der Waals surface area contributed by atoms with Crippen LogP contribution in [0, 0.1) is 0 Å². The zero-order chi connectivity index (χ0) is 9.68. The molecule has 0 bridgehead atoms. The highest BCUT2D eigenvalue weighted by molar-refractivity contribution is 5.69. The molecule has 0 unspecified atom stereocenters. The second-order valence-electron chi connectivity index (χ2n) is 2.48. The Morgan fingerprint density at radius 1 is 1.77 bits per heavy atom. The lowest BCUT2D eigenvalue weighted by Gasteiger charge is -2.04. The molecular weight excluding hydrogens is 172 g/mol. The molecule has 1 N–H and O–H groups in total. The van der Waals surface area contributed by atoms with E-state index in [-0.39, 0.29) is 19.1 Å². The summed E-state index contributed by atoms with van der Waals surface area (Å²) < 4.78 is 6.30. The number of aromatic nitrogens is 2. The van der Waals surface area contributed by atoms with E-state index in [4.69, 9.17) is 9.84 Å². The van der Waals surface area contributed by atoms with Crippen LogP contribution in [-0.2, 0) is 22.7 Å². The van der Waals surface area contributed by atoms with Crippen molar-refractivity contribution in [2.45, 2.75) is 20.1 Å². The number of ether oxygens (including phenoxy) is 1. The summed E-state index contributed by atoms with van der Waals surface area (Å²) in [6.45, 7) is 2.09. The number of aliphatic hydroxyl groups excluding tert-OH is 1. The number of carbonyl (C=O) groups is 1. The van der Waals surface area contributed by atoms with E-state index in [9.17, 15) is 4.79 Å². The van der Waals surface area contributed by atoms with Gasteiger partial charge in [-0.2, -0.15) is 0 Å². The normalized spacial score (nSPS) is 10.0. The molecule has 1 aromatic rings. The van der Waals surface area contributed by atoms with Gasteiger partial charge in [0.1, 0.15) is 6.54 Å². The fourth-order valence-corrected chi connectivity index (χ4v) is 0.968. The van der Waals surface area contributed by atoms with Gasteiger partial charge in [0.25, 0.3) is 0 Å². The molecule has 0 spiro atoms. The van der Waals surface area contributed by atoms with Crippen molar-refractivity contribution >= 4 is 5.97 Å². The van der Waals surface area contributed by atoms with Gasteiger partial charge in [-0.1, -0.05) is 0 Å². The Morgan fingerprint density at radius 2 is 2.54 bits per heavy atom. The van der Waals surface area contributed by atoms with Gasteiger partial charge in [0.15, 0.2) is 0 Å². The fraction of sp³-hybridized carbons (Fsp3) is 0.500. The molecular formula is C8H12N2O3. The minimum Gasteiger partial charge on any atom is -0.465 e. The molecule has 0 amide bonds. The second kappa shape index (κ2) is 4.61. The van der Waals surface area contributed by atoms with Gasteiger partial charge in [-0.05, 0) is 6.92 Å². The molecule has 0 aliphatic rings. The maximum atomic E-state index is 11.0. The molecule has 0 saturated heterocycles. The molecule has 0 aromatic carbocycles. The molecule has 0 fully saturated rings. The summed E-state index contributed by atoms with van der Waals surface area (Å²) >= 11 is 0. The second-order valence-corrected chi connectivity index (χ2v) is 2.48. The molecule has 1 heterocycles. The smallest absolute Gasteiger partial charge is 0.325 e. The van der Waals surface area contributed by atoms with Crippen LogP contribution in [0.4, 0.5) is 0 Å². The molecule has 1 aromatic heterocycles. The van der Waals surface area contributed by atoms with E-state index in [1.165, 1.54) is 12.5 Å². The molecule has 5 nitrogen and oxygen atoms in total. The first-order valence-corrected chi connectivity index (χ1v) is 4.03. The van der Waals surface area contributed by atoms with Gasteiger partial charge in [-0.15, -0.1) is 0 Å². The number of carbonyl (C=O) groups excluding carboxylic acids is 1. The third kappa shape index (κ3) is 2.55. The maximum absolute atomic E-state index is 11.0. The van der Waals surface area contributed by atoms with Crippen LogP contribution in [-0.4, -0.2) is 27.2 Å². The van der Waals surface area contributed by atoms with Crippen LogP contribution in [0.2, 0.25) is 0 Å². The third-order valence-corrected chi connectivity index (χ3v) is 1.57. The van der Waals surface area contributed by atoms with E-state index in [1.807, 2.05) is 0 Å². The molecule has 13 heavy (non-hydrogen) atoms. The summed E-state index contributed by atoms with van der Waals surface area (Å²) in [5, 5.41) is 8.84. The first kappa shape index (κ1) is 9.73. The van der Waals surface area contributed by atoms with E-state index in [1.54, 1.807) is 11.5 Å². The number of esters is 1. The van der Waals surface area contributed by atoms with Crippen LogP contribution in [0.15, 0.2) is 12.5 Å². The van der Waals surface area contributed by atoms with E-state index in [0.717, 1.165) is 0 Å². The van der Waals surface area contributed by atoms with Crippen LogP contribution >= 0.6 is 0 Å². The van der Waals surface area contributed by atoms with Gasteiger partial charge in [0.05, 0.1) is 31.4 Å². The summed E-state index contributed by atoms with van der Waals surface area (Å²) in [7, 11) is 0. The summed E-state index contributed by atoms with van der Waals surface area (Å²) in [5.74, 6) is -0.324. The highest BCUT2D eigenvalue weighted by Gasteiger charge is 2.06. The monoisotopic (exact) mass is 184 g/mol. The predicted octanol–water partition coefficient (Wildman–Crippen LogP) is -0.0615. The molecule has 0 aliphatic heterocycles. The van der Waals surface area contributed by atoms with Crippen molar-refractivity contribution in [2.24, 2.45) is 0 Å². The standard InChI is InChI=1S/C8H12N2O3/c1-2-13-8(12)4-10-6-9-3-7(10)5-11/h3,6,11H,2,4-5H2,1H3. The number of nitrogens with zero attached hydrogens (tertiary/aromatic N) is 2. The molecule has 0 radical (unpaired) electrons. The summed E-state index contributed by atoms with van der Waals surface area (Å²) in [6, 6.07) is 0. The number of hydrogen-bond donors (Lipinski definition) is 1. The van der Waals surface area contributed by atoms with Crippen LogP contribution in [0.25, 0.3) is 0 Å². The number of rotatable bonds is 4. The first-order valence-electron chi connectivity index (χ1n) is 4.03. The van der Waals surface area contributed by atoms with Crippen molar-refractivity contribution in [2.75, 3.05) is 6.61 Å². The molecule has 0 atom stereocenters. The minimum absolute atomic E-state index is 0.101. The quantitative estimate of drug-likeness (QED) is 0.666. The fourth-order valence-electron chi connectivity index (χ4n) is 0.968. The average Bonchev–Trinajstić information content (AvgIpc) is 2.52. The van der Waals surface area contributed by atoms with Crippen molar-refractivity contribution < 1.29 is 14.6 Å². The van der Waals surface area contributed by atoms with Crippen molar-refractivity contribution in [3.8, 4) is 0 Å². The number of imidazole rings is 1. The lowest BCUT2D eigenvalue weighted by atomic mass is 10.5. The molecule has 1 rings (SSSR count). The van der Waals surface area contributed by atoms with Crippen molar-refractivity contribution in [3.05, 3.63) is 18.2 Å². The third-order valence-electron chi connectivity index (χ3n) is 1.57. The van der Waals surface area contributed by atoms with E-state index in [2.05, 4.69) is 4.98 Å². The zero-order valence-corrected chi connectivity index (χ0v) is 7.43. The van der Waals surface area contributed by atoms with Gasteiger partial charge in [0, 0.05) is 0 Å². The number of aliphatic hydroxyl groups is 1. The number of hydrogen-bond acceptors (Lipinski definition) is 4.